The molecule has 7 nitrogen and oxygen atoms in total. The molecular weight excluding hydrogens is 869 g/mol. The lowest BCUT2D eigenvalue weighted by Crippen LogP contribution is -2.32. The van der Waals surface area contributed by atoms with Crippen LogP contribution in [-0.4, -0.2) is 28.7 Å². The Morgan fingerprint density at radius 2 is 0.845 bits per heavy atom. The Hall–Kier alpha value is -9.59. The molecule has 7 heteroatoms. The van der Waals surface area contributed by atoms with Crippen molar-refractivity contribution in [1.29, 1.82) is 0 Å². The van der Waals surface area contributed by atoms with Crippen LogP contribution in [0.4, 0.5) is 0 Å². The predicted molar refractivity (Wildman–Crippen MR) is 286 cm³/mol. The molecule has 0 bridgehead atoms. The van der Waals surface area contributed by atoms with Gasteiger partial charge in [-0.3, -0.25) is 15.0 Å². The minimum Gasteiger partial charge on any atom is -0.457 e. The predicted octanol–water partition coefficient (Wildman–Crippen LogP) is 15.3. The zero-order valence-corrected chi connectivity index (χ0v) is 38.0. The standard InChI is InChI=1S/C64H38N6O/c1-6-20-52-42(13-1)43-14-2-7-21-53(43)68(52)41-27-28-48-61(37-41)71-60-30-26-40(36-51(60)64(48)49-18-11-32-66-62(49)63-50(64)19-12-33-67-63)39-25-29-57-47(35-39)46-17-5-10-24-56(46)70(57)59-38-65-34-31-58(59)69-54-22-8-3-15-44(54)45-16-4-9-23-55(45)69/h1-38H. The molecule has 6 aromatic heterocycles. The first-order chi connectivity index (χ1) is 35.2. The summed E-state index contributed by atoms with van der Waals surface area (Å²) in [5, 5.41) is 7.21. The number of hydrogen-bond acceptors (Lipinski definition) is 4. The SMILES string of the molecule is c1cnc2c(c1)C1(c3ccc(-n4c5ccccc5c5ccccc54)cc3Oc3ccc(-c4ccc5c(c4)c4ccccc4n5-c4cnccc4-n4c5ccccc5c5ccccc54)cc31)c1cccnc1-2. The third-order valence-corrected chi connectivity index (χ3v) is 15.3. The lowest BCUT2D eigenvalue weighted by atomic mass is 9.66. The highest BCUT2D eigenvalue weighted by Gasteiger charge is 2.52. The van der Waals surface area contributed by atoms with Crippen molar-refractivity contribution < 1.29 is 4.74 Å². The molecule has 1 aliphatic heterocycles. The summed E-state index contributed by atoms with van der Waals surface area (Å²) in [6, 6.07) is 74.4. The molecule has 8 aromatic carbocycles. The molecule has 71 heavy (non-hydrogen) atoms. The molecule has 0 N–H and O–H groups in total. The molecule has 14 aromatic rings. The Morgan fingerprint density at radius 1 is 0.338 bits per heavy atom. The third-order valence-electron chi connectivity index (χ3n) is 15.3. The van der Waals surface area contributed by atoms with Gasteiger partial charge in [0.25, 0.3) is 0 Å². The second kappa shape index (κ2) is 14.2. The molecular formula is C64H38N6O. The van der Waals surface area contributed by atoms with Gasteiger partial charge < -0.3 is 18.4 Å². The summed E-state index contributed by atoms with van der Waals surface area (Å²) in [6.07, 6.45) is 7.66. The summed E-state index contributed by atoms with van der Waals surface area (Å²) in [5.74, 6) is 1.61. The molecule has 0 atom stereocenters. The largest absolute Gasteiger partial charge is 0.457 e. The Bertz CT molecular complexity index is 4440. The highest BCUT2D eigenvalue weighted by Crippen LogP contribution is 2.62. The average Bonchev–Trinajstić information content (AvgIpc) is 4.15. The van der Waals surface area contributed by atoms with E-state index >= 15 is 0 Å². The van der Waals surface area contributed by atoms with Gasteiger partial charge in [-0.2, -0.15) is 0 Å². The zero-order valence-electron chi connectivity index (χ0n) is 38.0. The molecule has 16 rings (SSSR count). The van der Waals surface area contributed by atoms with E-state index in [1.807, 2.05) is 24.8 Å². The maximum Gasteiger partial charge on any atom is 0.134 e. The summed E-state index contributed by atoms with van der Waals surface area (Å²) in [4.78, 5) is 14.8. The highest BCUT2D eigenvalue weighted by atomic mass is 16.5. The molecule has 0 saturated heterocycles. The van der Waals surface area contributed by atoms with Crippen LogP contribution in [0.15, 0.2) is 231 Å². The van der Waals surface area contributed by atoms with Gasteiger partial charge in [-0.05, 0) is 101 Å². The Balaban J connectivity index is 0.896. The van der Waals surface area contributed by atoms with E-state index in [2.05, 4.69) is 220 Å². The smallest absolute Gasteiger partial charge is 0.134 e. The van der Waals surface area contributed by atoms with Crippen LogP contribution in [0.5, 0.6) is 11.5 Å². The number of benzene rings is 8. The second-order valence-corrected chi connectivity index (χ2v) is 18.7. The van der Waals surface area contributed by atoms with Crippen molar-refractivity contribution in [2.24, 2.45) is 0 Å². The van der Waals surface area contributed by atoms with Gasteiger partial charge >= 0.3 is 0 Å². The zero-order chi connectivity index (χ0) is 46.4. The Kier molecular flexibility index (Phi) is 7.69. The minimum atomic E-state index is -0.755. The maximum absolute atomic E-state index is 7.16. The molecule has 330 valence electrons. The molecule has 0 fully saturated rings. The first-order valence-corrected chi connectivity index (χ1v) is 24.1. The quantitative estimate of drug-likeness (QED) is 0.176. The highest BCUT2D eigenvalue weighted by molar-refractivity contribution is 6.13. The van der Waals surface area contributed by atoms with Crippen LogP contribution in [0.1, 0.15) is 22.3 Å². The summed E-state index contributed by atoms with van der Waals surface area (Å²) in [6.45, 7) is 0. The Morgan fingerprint density at radius 3 is 1.45 bits per heavy atom. The number of hydrogen-bond donors (Lipinski definition) is 0. The number of rotatable bonds is 4. The second-order valence-electron chi connectivity index (χ2n) is 18.7. The Labute approximate surface area is 406 Å². The van der Waals surface area contributed by atoms with Crippen LogP contribution in [-0.2, 0) is 5.41 Å². The third kappa shape index (κ3) is 5.08. The van der Waals surface area contributed by atoms with Gasteiger partial charge in [-0.1, -0.05) is 121 Å². The van der Waals surface area contributed by atoms with Crippen LogP contribution < -0.4 is 4.74 Å². The van der Waals surface area contributed by atoms with Crippen molar-refractivity contribution in [1.82, 2.24) is 28.7 Å². The van der Waals surface area contributed by atoms with Crippen LogP contribution in [0.3, 0.4) is 0 Å². The van der Waals surface area contributed by atoms with Crippen LogP contribution in [0, 0.1) is 0 Å². The van der Waals surface area contributed by atoms with Gasteiger partial charge in [-0.25, -0.2) is 0 Å². The van der Waals surface area contributed by atoms with Gasteiger partial charge in [0.05, 0.1) is 67.5 Å². The van der Waals surface area contributed by atoms with Gasteiger partial charge in [0.2, 0.25) is 0 Å². The fourth-order valence-electron chi connectivity index (χ4n) is 12.5. The van der Waals surface area contributed by atoms with Gasteiger partial charge in [0, 0.05) is 73.8 Å². The molecule has 2 aliphatic rings. The molecule has 1 spiro atoms. The summed E-state index contributed by atoms with van der Waals surface area (Å²) in [5.41, 5.74) is 17.5. The monoisotopic (exact) mass is 906 g/mol. The van der Waals surface area contributed by atoms with Crippen molar-refractivity contribution in [3.63, 3.8) is 0 Å². The molecule has 7 heterocycles. The van der Waals surface area contributed by atoms with E-state index < -0.39 is 5.41 Å². The van der Waals surface area contributed by atoms with Gasteiger partial charge in [0.15, 0.2) is 0 Å². The van der Waals surface area contributed by atoms with Gasteiger partial charge in [0.1, 0.15) is 11.5 Å². The molecule has 0 radical (unpaired) electrons. The van der Waals surface area contributed by atoms with Crippen LogP contribution >= 0.6 is 0 Å². The first kappa shape index (κ1) is 38.4. The topological polar surface area (TPSA) is 62.7 Å². The van der Waals surface area contributed by atoms with Crippen molar-refractivity contribution >= 4 is 65.4 Å². The summed E-state index contributed by atoms with van der Waals surface area (Å²) in [7, 11) is 0. The van der Waals surface area contributed by atoms with E-state index in [1.54, 1.807) is 0 Å². The fourth-order valence-corrected chi connectivity index (χ4v) is 12.5. The number of fused-ring (bicyclic) bond motifs is 18. The normalized spacial score (nSPS) is 13.3. The number of para-hydroxylation sites is 5. The van der Waals surface area contributed by atoms with E-state index in [0.29, 0.717) is 0 Å². The number of nitrogens with zero attached hydrogens (tertiary/aromatic N) is 6. The molecule has 0 unspecified atom stereocenters. The number of pyridine rings is 3. The van der Waals surface area contributed by atoms with Crippen LogP contribution in [0.2, 0.25) is 0 Å². The molecule has 1 aliphatic carbocycles. The molecule has 0 saturated carbocycles. The van der Waals surface area contributed by atoms with Crippen molar-refractivity contribution in [2.75, 3.05) is 0 Å². The summed E-state index contributed by atoms with van der Waals surface area (Å²) >= 11 is 0. The van der Waals surface area contributed by atoms with E-state index in [0.717, 1.165) is 112 Å². The summed E-state index contributed by atoms with van der Waals surface area (Å²) < 4.78 is 14.3. The number of ether oxygens (including phenoxy) is 1. The lowest BCUT2D eigenvalue weighted by molar-refractivity contribution is 0.436. The van der Waals surface area contributed by atoms with E-state index in [1.165, 1.54) is 26.9 Å². The van der Waals surface area contributed by atoms with Crippen LogP contribution in [0.25, 0.3) is 105 Å². The maximum atomic E-state index is 7.16. The average molecular weight is 907 g/mol. The van der Waals surface area contributed by atoms with Gasteiger partial charge in [-0.15, -0.1) is 0 Å². The van der Waals surface area contributed by atoms with Crippen molar-refractivity contribution in [3.8, 4) is 51.1 Å². The first-order valence-electron chi connectivity index (χ1n) is 24.1. The van der Waals surface area contributed by atoms with E-state index in [4.69, 9.17) is 19.7 Å². The van der Waals surface area contributed by atoms with E-state index in [9.17, 15) is 0 Å². The molecule has 0 amide bonds. The fraction of sp³-hybridized carbons (Fsp3) is 0.0156. The number of aromatic nitrogens is 6. The van der Waals surface area contributed by atoms with Crippen molar-refractivity contribution in [2.45, 2.75) is 5.41 Å². The van der Waals surface area contributed by atoms with Crippen molar-refractivity contribution in [3.05, 3.63) is 253 Å². The minimum absolute atomic E-state index is 0.755. The lowest BCUT2D eigenvalue weighted by Gasteiger charge is -2.39. The van der Waals surface area contributed by atoms with E-state index in [-0.39, 0.29) is 0 Å².